The molecule has 2 aliphatic heterocycles. The van der Waals surface area contributed by atoms with Crippen LogP contribution in [0.15, 0.2) is 46.4 Å². The highest BCUT2D eigenvalue weighted by Gasteiger charge is 2.37. The van der Waals surface area contributed by atoms with Crippen molar-refractivity contribution >= 4 is 27.6 Å². The van der Waals surface area contributed by atoms with Crippen LogP contribution >= 0.6 is 0 Å². The third-order valence-electron chi connectivity index (χ3n) is 5.64. The van der Waals surface area contributed by atoms with Gasteiger partial charge in [0.05, 0.1) is 16.8 Å². The van der Waals surface area contributed by atoms with Gasteiger partial charge in [-0.3, -0.25) is 15.5 Å². The number of piperidine rings is 1. The van der Waals surface area contributed by atoms with E-state index in [1.54, 1.807) is 18.2 Å². The Bertz CT molecular complexity index is 1160. The molecular formula is C21H24N4O6S. The second-order valence-electron chi connectivity index (χ2n) is 7.88. The predicted molar refractivity (Wildman–Crippen MR) is 119 cm³/mol. The first-order valence-corrected chi connectivity index (χ1v) is 11.7. The number of hydrogen-bond acceptors (Lipinski definition) is 8. The third kappa shape index (κ3) is 4.26. The molecule has 0 saturated carbocycles. The monoisotopic (exact) mass is 460 g/mol. The zero-order chi connectivity index (χ0) is 22.9. The number of nitro benzene ring substituents is 1. The molecule has 0 amide bonds. The largest absolute Gasteiger partial charge is 0.454 e. The number of nitrogens with one attached hydrogen (secondary N) is 1. The molecule has 0 aromatic heterocycles. The fourth-order valence-corrected chi connectivity index (χ4v) is 6.13. The first-order chi connectivity index (χ1) is 15.3. The topological polar surface area (TPSA) is 123 Å². The van der Waals surface area contributed by atoms with Crippen molar-refractivity contribution in [3.63, 3.8) is 0 Å². The standard InChI is InChI=1S/C21H24N4O6S/c1-14-4-3-5-15(2)24(14)32(28,29)21-11-17(25(26)27)7-8-18(21)23-22-12-16-6-9-19-20(10-16)31-13-30-19/h6-12,14-15,23H,3-5,13H2,1-2H3/b22-12-/t14-,15-/m0/s1. The zero-order valence-corrected chi connectivity index (χ0v) is 18.5. The van der Waals surface area contributed by atoms with Gasteiger partial charge in [0.2, 0.25) is 16.8 Å². The highest BCUT2D eigenvalue weighted by molar-refractivity contribution is 7.89. The Balaban J connectivity index is 1.66. The average Bonchev–Trinajstić information content (AvgIpc) is 3.21. The lowest BCUT2D eigenvalue weighted by Gasteiger charge is -2.37. The molecule has 170 valence electrons. The number of fused-ring (bicyclic) bond motifs is 1. The van der Waals surface area contributed by atoms with Crippen molar-refractivity contribution in [3.8, 4) is 11.5 Å². The molecule has 2 aromatic carbocycles. The summed E-state index contributed by atoms with van der Waals surface area (Å²) < 4.78 is 39.2. The lowest BCUT2D eigenvalue weighted by molar-refractivity contribution is -0.385. The van der Waals surface area contributed by atoms with Gasteiger partial charge in [0.25, 0.3) is 5.69 Å². The summed E-state index contributed by atoms with van der Waals surface area (Å²) in [6.45, 7) is 3.87. The molecule has 1 fully saturated rings. The van der Waals surface area contributed by atoms with E-state index in [0.717, 1.165) is 25.3 Å². The maximum Gasteiger partial charge on any atom is 0.270 e. The number of sulfonamides is 1. The summed E-state index contributed by atoms with van der Waals surface area (Å²) in [4.78, 5) is 10.5. The molecule has 2 aliphatic rings. The molecule has 11 heteroatoms. The van der Waals surface area contributed by atoms with E-state index < -0.39 is 14.9 Å². The van der Waals surface area contributed by atoms with Gasteiger partial charge in [0.15, 0.2) is 11.5 Å². The van der Waals surface area contributed by atoms with Crippen molar-refractivity contribution < 1.29 is 22.8 Å². The second kappa shape index (κ2) is 8.75. The van der Waals surface area contributed by atoms with Crippen molar-refractivity contribution in [1.29, 1.82) is 0 Å². The molecule has 0 spiro atoms. The van der Waals surface area contributed by atoms with Crippen LogP contribution in [0, 0.1) is 10.1 Å². The van der Waals surface area contributed by atoms with Gasteiger partial charge >= 0.3 is 0 Å². The fraction of sp³-hybridized carbons (Fsp3) is 0.381. The Hall–Kier alpha value is -3.18. The number of rotatable bonds is 6. The van der Waals surface area contributed by atoms with Crippen LogP contribution in [0.4, 0.5) is 11.4 Å². The van der Waals surface area contributed by atoms with Crippen LogP contribution < -0.4 is 14.9 Å². The van der Waals surface area contributed by atoms with Gasteiger partial charge in [-0.1, -0.05) is 6.42 Å². The summed E-state index contributed by atoms with van der Waals surface area (Å²) in [5, 5.41) is 15.5. The van der Waals surface area contributed by atoms with Gasteiger partial charge in [-0.25, -0.2) is 8.42 Å². The molecule has 2 atom stereocenters. The fourth-order valence-electron chi connectivity index (χ4n) is 4.09. The van der Waals surface area contributed by atoms with Crippen molar-refractivity contribution in [3.05, 3.63) is 52.1 Å². The summed E-state index contributed by atoms with van der Waals surface area (Å²) >= 11 is 0. The van der Waals surface area contributed by atoms with Gasteiger partial charge in [0, 0.05) is 24.2 Å². The number of hydrazone groups is 1. The molecule has 32 heavy (non-hydrogen) atoms. The number of hydrogen-bond donors (Lipinski definition) is 1. The summed E-state index contributed by atoms with van der Waals surface area (Å²) in [7, 11) is -3.99. The number of anilines is 1. The third-order valence-corrected chi connectivity index (χ3v) is 7.81. The highest BCUT2D eigenvalue weighted by Crippen LogP contribution is 2.35. The smallest absolute Gasteiger partial charge is 0.270 e. The molecular weight excluding hydrogens is 436 g/mol. The van der Waals surface area contributed by atoms with E-state index in [2.05, 4.69) is 10.5 Å². The van der Waals surface area contributed by atoms with Gasteiger partial charge < -0.3 is 9.47 Å². The molecule has 4 rings (SSSR count). The SMILES string of the molecule is C[C@H]1CCC[C@H](C)N1S(=O)(=O)c1cc([N+](=O)[O-])ccc1N/N=C\c1ccc2c(c1)OCO2. The van der Waals surface area contributed by atoms with E-state index in [0.29, 0.717) is 17.1 Å². The molecule has 0 unspecified atom stereocenters. The van der Waals surface area contributed by atoms with Crippen LogP contribution in [-0.2, 0) is 10.0 Å². The molecule has 1 saturated heterocycles. The molecule has 2 heterocycles. The lowest BCUT2D eigenvalue weighted by atomic mass is 10.0. The van der Waals surface area contributed by atoms with Gasteiger partial charge in [0.1, 0.15) is 4.90 Å². The maximum atomic E-state index is 13.5. The van der Waals surface area contributed by atoms with Gasteiger partial charge in [-0.15, -0.1) is 0 Å². The molecule has 0 bridgehead atoms. The van der Waals surface area contributed by atoms with E-state index in [4.69, 9.17) is 9.47 Å². The van der Waals surface area contributed by atoms with Crippen LogP contribution in [0.3, 0.4) is 0 Å². The second-order valence-corrected chi connectivity index (χ2v) is 9.70. The summed E-state index contributed by atoms with van der Waals surface area (Å²) in [6.07, 6.45) is 3.92. The minimum atomic E-state index is -3.99. The first-order valence-electron chi connectivity index (χ1n) is 10.3. The Morgan fingerprint density at radius 2 is 1.84 bits per heavy atom. The number of nitro groups is 1. The van der Waals surface area contributed by atoms with Gasteiger partial charge in [-0.05, 0) is 56.5 Å². The number of nitrogens with zero attached hydrogens (tertiary/aromatic N) is 3. The Labute approximate surface area is 186 Å². The number of non-ortho nitro benzene ring substituents is 1. The molecule has 0 radical (unpaired) electrons. The zero-order valence-electron chi connectivity index (χ0n) is 17.7. The molecule has 1 N–H and O–H groups in total. The highest BCUT2D eigenvalue weighted by atomic mass is 32.2. The summed E-state index contributed by atoms with van der Waals surface area (Å²) in [6, 6.07) is 8.58. The van der Waals surface area contributed by atoms with Crippen molar-refractivity contribution in [1.82, 2.24) is 4.31 Å². The minimum Gasteiger partial charge on any atom is -0.454 e. The summed E-state index contributed by atoms with van der Waals surface area (Å²) in [5.74, 6) is 1.24. The van der Waals surface area contributed by atoms with E-state index in [9.17, 15) is 18.5 Å². The summed E-state index contributed by atoms with van der Waals surface area (Å²) in [5.41, 5.74) is 3.32. The van der Waals surface area contributed by atoms with Crippen LogP contribution in [0.5, 0.6) is 11.5 Å². The van der Waals surface area contributed by atoms with Crippen LogP contribution in [0.2, 0.25) is 0 Å². The van der Waals surface area contributed by atoms with Crippen LogP contribution in [0.25, 0.3) is 0 Å². The first kappa shape index (κ1) is 22.0. The Kier molecular flexibility index (Phi) is 6.02. The molecule has 10 nitrogen and oxygen atoms in total. The van der Waals surface area contributed by atoms with Gasteiger partial charge in [-0.2, -0.15) is 9.41 Å². The van der Waals surface area contributed by atoms with E-state index in [1.807, 2.05) is 13.8 Å². The predicted octanol–water partition coefficient (Wildman–Crippen LogP) is 3.72. The van der Waals surface area contributed by atoms with Crippen LogP contribution in [0.1, 0.15) is 38.7 Å². The molecule has 0 aliphatic carbocycles. The van der Waals surface area contributed by atoms with E-state index in [-0.39, 0.29) is 35.1 Å². The van der Waals surface area contributed by atoms with Crippen molar-refractivity contribution in [2.75, 3.05) is 12.2 Å². The van der Waals surface area contributed by atoms with E-state index >= 15 is 0 Å². The normalized spacial score (nSPS) is 21.1. The Morgan fingerprint density at radius 1 is 1.12 bits per heavy atom. The van der Waals surface area contributed by atoms with E-state index in [1.165, 1.54) is 22.7 Å². The lowest BCUT2D eigenvalue weighted by Crippen LogP contribution is -2.47. The number of ether oxygens (including phenoxy) is 2. The van der Waals surface area contributed by atoms with Crippen molar-refractivity contribution in [2.24, 2.45) is 5.10 Å². The average molecular weight is 461 g/mol. The Morgan fingerprint density at radius 3 is 2.56 bits per heavy atom. The maximum absolute atomic E-state index is 13.5. The molecule has 2 aromatic rings. The minimum absolute atomic E-state index is 0.158. The van der Waals surface area contributed by atoms with Crippen molar-refractivity contribution in [2.45, 2.75) is 50.1 Å². The quantitative estimate of drug-likeness (QED) is 0.396. The van der Waals surface area contributed by atoms with Crippen LogP contribution in [-0.4, -0.2) is 42.7 Å². The number of benzene rings is 2.